The number of alkyl halides is 5. The van der Waals surface area contributed by atoms with E-state index >= 15 is 0 Å². The van der Waals surface area contributed by atoms with Gasteiger partial charge in [-0.2, -0.15) is 22.0 Å². The molecule has 0 atom stereocenters. The molecule has 0 saturated heterocycles. The molecule has 1 nitrogen and oxygen atoms in total. The van der Waals surface area contributed by atoms with Crippen LogP contribution in [-0.2, 0) is 13.0 Å². The third kappa shape index (κ3) is 2.82. The summed E-state index contributed by atoms with van der Waals surface area (Å²) in [5, 5.41) is 0. The lowest BCUT2D eigenvalue weighted by Crippen LogP contribution is -2.34. The summed E-state index contributed by atoms with van der Waals surface area (Å²) in [6.45, 7) is -0.882. The Morgan fingerprint density at radius 2 is 1.73 bits per heavy atom. The van der Waals surface area contributed by atoms with Crippen LogP contribution in [0.1, 0.15) is 20.8 Å². The summed E-state index contributed by atoms with van der Waals surface area (Å²) in [5.74, 6) is -4.94. The molecule has 0 amide bonds. The second-order valence-corrected chi connectivity index (χ2v) is 5.02. The number of nitrogens with zero attached hydrogens (tertiary/aromatic N) is 1. The summed E-state index contributed by atoms with van der Waals surface area (Å²) in [5.41, 5.74) is 0.104. The van der Waals surface area contributed by atoms with Gasteiger partial charge in [-0.15, -0.1) is 0 Å². The Hall–Kier alpha value is -1.98. The highest BCUT2D eigenvalue weighted by Crippen LogP contribution is 2.44. The largest absolute Gasteiger partial charge is 0.458 e. The van der Waals surface area contributed by atoms with Gasteiger partial charge in [-0.25, -0.2) is 4.57 Å². The molecule has 6 heteroatoms. The third-order valence-electron chi connectivity index (χ3n) is 3.35. The van der Waals surface area contributed by atoms with Crippen molar-refractivity contribution in [3.63, 3.8) is 0 Å². The second kappa shape index (κ2) is 5.34. The molecule has 2 rings (SSSR count). The lowest BCUT2D eigenvalue weighted by molar-refractivity contribution is -0.660. The predicted octanol–water partition coefficient (Wildman–Crippen LogP) is 4.45. The van der Waals surface area contributed by atoms with E-state index in [0.717, 1.165) is 12.1 Å². The van der Waals surface area contributed by atoms with Crippen LogP contribution >= 0.6 is 0 Å². The van der Waals surface area contributed by atoms with Crippen molar-refractivity contribution in [3.05, 3.63) is 53.2 Å². The molecule has 0 radical (unpaired) electrons. The molecule has 0 bridgehead atoms. The molecule has 0 fully saturated rings. The van der Waals surface area contributed by atoms with Crippen molar-refractivity contribution in [1.29, 1.82) is 0 Å². The summed E-state index contributed by atoms with van der Waals surface area (Å²) in [7, 11) is 1.57. The van der Waals surface area contributed by atoms with E-state index in [9.17, 15) is 22.0 Å². The summed E-state index contributed by atoms with van der Waals surface area (Å²) in [6.07, 6.45) is -4.30. The Balaban J connectivity index is 2.50. The van der Waals surface area contributed by atoms with Gasteiger partial charge < -0.3 is 0 Å². The number of rotatable bonds is 2. The lowest BCUT2D eigenvalue weighted by atomic mass is 9.98. The van der Waals surface area contributed by atoms with Crippen LogP contribution in [0.25, 0.3) is 11.3 Å². The van der Waals surface area contributed by atoms with E-state index < -0.39 is 24.5 Å². The average molecular weight is 319 g/mol. The molecule has 0 aliphatic rings. The molecule has 1 aromatic heterocycles. The summed E-state index contributed by atoms with van der Waals surface area (Å²) in [4.78, 5) is 0. The first-order valence-electron chi connectivity index (χ1n) is 7.81. The van der Waals surface area contributed by atoms with E-state index in [-0.39, 0.29) is 11.1 Å². The van der Waals surface area contributed by atoms with Gasteiger partial charge in [-0.05, 0) is 37.5 Å². The van der Waals surface area contributed by atoms with E-state index in [0.29, 0.717) is 11.3 Å². The van der Waals surface area contributed by atoms with Gasteiger partial charge in [-0.3, -0.25) is 0 Å². The second-order valence-electron chi connectivity index (χ2n) is 5.02. The molecule has 0 unspecified atom stereocenters. The monoisotopic (exact) mass is 319 g/mol. The Morgan fingerprint density at radius 3 is 2.23 bits per heavy atom. The highest BCUT2D eigenvalue weighted by atomic mass is 19.4. The van der Waals surface area contributed by atoms with Gasteiger partial charge in [-0.1, -0.05) is 6.07 Å². The molecule has 0 N–H and O–H groups in total. The lowest BCUT2D eigenvalue weighted by Gasteiger charge is -2.20. The zero-order chi connectivity index (χ0) is 19.2. The Kier molecular flexibility index (Phi) is 3.04. The zero-order valence-electron chi connectivity index (χ0n) is 14.8. The van der Waals surface area contributed by atoms with Gasteiger partial charge >= 0.3 is 12.1 Å². The van der Waals surface area contributed by atoms with E-state index in [1.165, 1.54) is 35.9 Å². The number of hydrogen-bond donors (Lipinski definition) is 0. The molecular weight excluding hydrogens is 301 g/mol. The molecule has 0 aliphatic carbocycles. The molecule has 1 heterocycles. The van der Waals surface area contributed by atoms with Crippen molar-refractivity contribution in [2.24, 2.45) is 7.05 Å². The Bertz CT molecular complexity index is 797. The summed E-state index contributed by atoms with van der Waals surface area (Å²) >= 11 is 0. The fourth-order valence-electron chi connectivity index (χ4n) is 2.20. The third-order valence-corrected chi connectivity index (χ3v) is 3.35. The number of pyridine rings is 1. The Morgan fingerprint density at radius 1 is 1.05 bits per heavy atom. The maximum absolute atomic E-state index is 13.4. The fourth-order valence-corrected chi connectivity index (χ4v) is 2.20. The summed E-state index contributed by atoms with van der Waals surface area (Å²) < 4.78 is 88.0. The van der Waals surface area contributed by atoms with Gasteiger partial charge in [0.05, 0.1) is 0 Å². The van der Waals surface area contributed by atoms with Gasteiger partial charge in [0.15, 0.2) is 6.20 Å². The minimum Gasteiger partial charge on any atom is -0.201 e. The fraction of sp³-hybridized carbons (Fsp3) is 0.312. The number of aryl methyl sites for hydroxylation is 3. The summed E-state index contributed by atoms with van der Waals surface area (Å²) in [6, 6.07) is 5.56. The molecule has 22 heavy (non-hydrogen) atoms. The topological polar surface area (TPSA) is 3.88 Å². The first-order valence-corrected chi connectivity index (χ1v) is 6.31. The van der Waals surface area contributed by atoms with E-state index in [2.05, 4.69) is 0 Å². The first-order chi connectivity index (χ1) is 11.2. The Labute approximate surface area is 129 Å². The standard InChI is InChI=1S/C16H15F5N/c1-10-4-7-14(22(3)9-10)13-6-5-12(8-11(13)2)15(17,18)16(19,20)21/h4-9H,1-3H3/q+1/i1D3. The molecule has 1 aromatic carbocycles. The van der Waals surface area contributed by atoms with Crippen molar-refractivity contribution >= 4 is 0 Å². The minimum absolute atomic E-state index is 0.0941. The average Bonchev–Trinajstić information content (AvgIpc) is 2.45. The normalized spacial score (nSPS) is 15.1. The number of halogens is 5. The van der Waals surface area contributed by atoms with E-state index in [1.807, 2.05) is 0 Å². The van der Waals surface area contributed by atoms with Crippen molar-refractivity contribution in [1.82, 2.24) is 0 Å². The number of hydrogen-bond acceptors (Lipinski definition) is 0. The predicted molar refractivity (Wildman–Crippen MR) is 72.5 cm³/mol. The van der Waals surface area contributed by atoms with Gasteiger partial charge in [0, 0.05) is 26.9 Å². The van der Waals surface area contributed by atoms with E-state index in [1.54, 1.807) is 7.05 Å². The van der Waals surface area contributed by atoms with Crippen molar-refractivity contribution in [2.45, 2.75) is 25.9 Å². The SMILES string of the molecule is [2H]C([2H])([2H])c1ccc(-c2ccc(C(F)(F)C(F)(F)F)cc2C)[n+](C)c1. The van der Waals surface area contributed by atoms with Crippen molar-refractivity contribution in [2.75, 3.05) is 0 Å². The zero-order valence-corrected chi connectivity index (χ0v) is 11.8. The molecule has 0 spiro atoms. The van der Waals surface area contributed by atoms with Crippen LogP contribution in [0.15, 0.2) is 36.5 Å². The smallest absolute Gasteiger partial charge is 0.201 e. The maximum atomic E-state index is 13.4. The molecular formula is C16H15F5N+. The van der Waals surface area contributed by atoms with Crippen LogP contribution in [0.3, 0.4) is 0 Å². The van der Waals surface area contributed by atoms with Crippen molar-refractivity contribution < 1.29 is 30.6 Å². The molecule has 118 valence electrons. The van der Waals surface area contributed by atoms with Crippen LogP contribution in [0.4, 0.5) is 22.0 Å². The number of benzene rings is 1. The van der Waals surface area contributed by atoms with Crippen LogP contribution in [0.5, 0.6) is 0 Å². The molecule has 0 aliphatic heterocycles. The van der Waals surface area contributed by atoms with Crippen LogP contribution in [0, 0.1) is 13.8 Å². The van der Waals surface area contributed by atoms with Crippen LogP contribution < -0.4 is 4.57 Å². The van der Waals surface area contributed by atoms with Crippen LogP contribution in [0.2, 0.25) is 0 Å². The van der Waals surface area contributed by atoms with Crippen LogP contribution in [-0.4, -0.2) is 6.18 Å². The van der Waals surface area contributed by atoms with Crippen molar-refractivity contribution in [3.8, 4) is 11.3 Å². The number of aromatic nitrogens is 1. The minimum atomic E-state index is -5.67. The first kappa shape index (κ1) is 12.6. The highest BCUT2D eigenvalue weighted by Gasteiger charge is 2.58. The maximum Gasteiger partial charge on any atom is 0.458 e. The molecule has 2 aromatic rings. The van der Waals surface area contributed by atoms with E-state index in [4.69, 9.17) is 4.11 Å². The highest BCUT2D eigenvalue weighted by molar-refractivity contribution is 5.62. The van der Waals surface area contributed by atoms with Gasteiger partial charge in [0.2, 0.25) is 5.69 Å². The quantitative estimate of drug-likeness (QED) is 0.569. The van der Waals surface area contributed by atoms with Gasteiger partial charge in [0.1, 0.15) is 7.05 Å². The molecule has 0 saturated carbocycles. The van der Waals surface area contributed by atoms with Gasteiger partial charge in [0.25, 0.3) is 0 Å².